The Morgan fingerprint density at radius 3 is 2.65 bits per heavy atom. The van der Waals surface area contributed by atoms with Crippen molar-refractivity contribution in [1.29, 1.82) is 0 Å². The van der Waals surface area contributed by atoms with Gasteiger partial charge in [-0.05, 0) is 48.0 Å². The smallest absolute Gasteiger partial charge is 0.207 e. The lowest BCUT2D eigenvalue weighted by atomic mass is 10.3. The molecule has 1 aromatic carbocycles. The van der Waals surface area contributed by atoms with Gasteiger partial charge in [0, 0.05) is 11.0 Å². The van der Waals surface area contributed by atoms with Gasteiger partial charge in [0.15, 0.2) is 0 Å². The van der Waals surface area contributed by atoms with Gasteiger partial charge in [-0.25, -0.2) is 17.5 Å². The van der Waals surface area contributed by atoms with Gasteiger partial charge in [0.1, 0.15) is 5.82 Å². The van der Waals surface area contributed by atoms with E-state index in [4.69, 9.17) is 0 Å². The maximum atomic E-state index is 12.8. The monoisotopic (exact) mass is 321 g/mol. The second-order valence-corrected chi connectivity index (χ2v) is 6.30. The van der Waals surface area contributed by atoms with Crippen LogP contribution < -0.4 is 4.72 Å². The van der Waals surface area contributed by atoms with Gasteiger partial charge in [-0.3, -0.25) is 0 Å². The highest BCUT2D eigenvalue weighted by Gasteiger charge is 2.16. The fourth-order valence-corrected chi connectivity index (χ4v) is 3.14. The van der Waals surface area contributed by atoms with Crippen LogP contribution in [0.5, 0.6) is 0 Å². The van der Waals surface area contributed by atoms with Crippen molar-refractivity contribution in [2.75, 3.05) is 6.54 Å². The fraction of sp³-hybridized carbons (Fsp3) is 0.273. The summed E-state index contributed by atoms with van der Waals surface area (Å²) in [6, 6.07) is 3.46. The molecule has 17 heavy (non-hydrogen) atoms. The highest BCUT2D eigenvalue weighted by atomic mass is 79.9. The Morgan fingerprint density at radius 1 is 1.47 bits per heavy atom. The van der Waals surface area contributed by atoms with Crippen LogP contribution in [0.2, 0.25) is 0 Å². The first-order valence-corrected chi connectivity index (χ1v) is 7.18. The molecule has 1 aromatic rings. The van der Waals surface area contributed by atoms with Crippen molar-refractivity contribution in [3.8, 4) is 0 Å². The summed E-state index contributed by atoms with van der Waals surface area (Å²) in [6.45, 7) is 3.97. The zero-order valence-corrected chi connectivity index (χ0v) is 11.9. The highest BCUT2D eigenvalue weighted by molar-refractivity contribution is 9.10. The molecule has 3 nitrogen and oxygen atoms in total. The Hall–Kier alpha value is -0.720. The quantitative estimate of drug-likeness (QED) is 0.867. The molecule has 6 heteroatoms. The summed E-state index contributed by atoms with van der Waals surface area (Å²) >= 11 is 3.03. The zero-order chi connectivity index (χ0) is 13.1. The molecule has 0 saturated heterocycles. The number of hydrogen-bond acceptors (Lipinski definition) is 2. The minimum atomic E-state index is -3.61. The normalized spacial score (nSPS) is 11.3. The van der Waals surface area contributed by atoms with Crippen molar-refractivity contribution >= 4 is 26.0 Å². The molecule has 1 N–H and O–H groups in total. The largest absolute Gasteiger partial charge is 0.241 e. The molecule has 0 heterocycles. The van der Waals surface area contributed by atoms with Crippen molar-refractivity contribution in [2.45, 2.75) is 18.7 Å². The minimum Gasteiger partial charge on any atom is -0.207 e. The Balaban J connectivity index is 2.94. The van der Waals surface area contributed by atoms with E-state index in [0.717, 1.165) is 17.7 Å². The molecule has 0 aliphatic carbocycles. The molecule has 0 bridgehead atoms. The number of halogens is 2. The molecule has 0 saturated carbocycles. The number of benzene rings is 1. The molecule has 94 valence electrons. The van der Waals surface area contributed by atoms with Crippen molar-refractivity contribution in [3.63, 3.8) is 0 Å². The van der Waals surface area contributed by atoms with E-state index in [2.05, 4.69) is 20.7 Å². The van der Waals surface area contributed by atoms with Crippen LogP contribution in [0.15, 0.2) is 39.2 Å². The Labute approximate surface area is 109 Å². The van der Waals surface area contributed by atoms with E-state index in [0.29, 0.717) is 0 Å². The molecule has 0 aliphatic heterocycles. The fourth-order valence-electron chi connectivity index (χ4n) is 1.13. The molecular weight excluding hydrogens is 309 g/mol. The van der Waals surface area contributed by atoms with Gasteiger partial charge in [-0.2, -0.15) is 0 Å². The standard InChI is InChI=1S/C11H13BrFNO2S/c1-8(2)5-6-14-17(15,16)11-4-3-9(13)7-10(11)12/h3-5,7,14H,6H2,1-2H3. The Morgan fingerprint density at radius 2 is 2.12 bits per heavy atom. The van der Waals surface area contributed by atoms with Crippen LogP contribution in [-0.4, -0.2) is 15.0 Å². The molecule has 0 radical (unpaired) electrons. The third-order valence-electron chi connectivity index (χ3n) is 1.97. The summed E-state index contributed by atoms with van der Waals surface area (Å²) in [5.41, 5.74) is 1.02. The summed E-state index contributed by atoms with van der Waals surface area (Å²) in [5, 5.41) is 0. The lowest BCUT2D eigenvalue weighted by Crippen LogP contribution is -2.24. The minimum absolute atomic E-state index is 0.0288. The van der Waals surface area contributed by atoms with Gasteiger partial charge < -0.3 is 0 Å². The van der Waals surface area contributed by atoms with Crippen molar-refractivity contribution < 1.29 is 12.8 Å². The van der Waals surface area contributed by atoms with Crippen molar-refractivity contribution in [1.82, 2.24) is 4.72 Å². The maximum Gasteiger partial charge on any atom is 0.241 e. The Bertz CT molecular complexity index is 536. The highest BCUT2D eigenvalue weighted by Crippen LogP contribution is 2.22. The van der Waals surface area contributed by atoms with E-state index in [1.54, 1.807) is 6.08 Å². The molecule has 0 spiro atoms. The predicted octanol–water partition coefficient (Wildman–Crippen LogP) is 2.83. The van der Waals surface area contributed by atoms with Crippen molar-refractivity contribution in [2.24, 2.45) is 0 Å². The molecule has 0 aliphatic rings. The first-order chi connectivity index (χ1) is 7.83. The van der Waals surface area contributed by atoms with E-state index < -0.39 is 15.8 Å². The number of allylic oxidation sites excluding steroid dienone is 1. The summed E-state index contributed by atoms with van der Waals surface area (Å²) in [6.07, 6.45) is 1.76. The van der Waals surface area contributed by atoms with Crippen LogP contribution in [-0.2, 0) is 10.0 Å². The first-order valence-electron chi connectivity index (χ1n) is 4.91. The van der Waals surface area contributed by atoms with Gasteiger partial charge in [0.25, 0.3) is 0 Å². The van der Waals surface area contributed by atoms with Crippen LogP contribution in [0.4, 0.5) is 4.39 Å². The SMILES string of the molecule is CC(C)=CCNS(=O)(=O)c1ccc(F)cc1Br. The molecule has 0 atom stereocenters. The summed E-state index contributed by atoms with van der Waals surface area (Å²) in [7, 11) is -3.61. The second kappa shape index (κ2) is 5.75. The topological polar surface area (TPSA) is 46.2 Å². The van der Waals surface area contributed by atoms with E-state index in [9.17, 15) is 12.8 Å². The second-order valence-electron chi connectivity index (χ2n) is 3.71. The van der Waals surface area contributed by atoms with Crippen LogP contribution in [0, 0.1) is 5.82 Å². The molecular formula is C11H13BrFNO2S. The van der Waals surface area contributed by atoms with Gasteiger partial charge in [-0.15, -0.1) is 0 Å². The predicted molar refractivity (Wildman–Crippen MR) is 68.7 cm³/mol. The summed E-state index contributed by atoms with van der Waals surface area (Å²) < 4.78 is 39.2. The first kappa shape index (κ1) is 14.3. The lowest BCUT2D eigenvalue weighted by molar-refractivity contribution is 0.584. The van der Waals surface area contributed by atoms with Crippen LogP contribution in [0.3, 0.4) is 0 Å². The summed E-state index contributed by atoms with van der Waals surface area (Å²) in [4.78, 5) is 0.0288. The zero-order valence-electron chi connectivity index (χ0n) is 9.50. The molecule has 0 unspecified atom stereocenters. The van der Waals surface area contributed by atoms with E-state index in [-0.39, 0.29) is 15.9 Å². The van der Waals surface area contributed by atoms with E-state index >= 15 is 0 Å². The molecule has 0 amide bonds. The van der Waals surface area contributed by atoms with E-state index in [1.165, 1.54) is 6.07 Å². The van der Waals surface area contributed by atoms with E-state index in [1.807, 2.05) is 13.8 Å². The Kier molecular flexibility index (Phi) is 4.85. The number of hydrogen-bond donors (Lipinski definition) is 1. The van der Waals surface area contributed by atoms with Gasteiger partial charge >= 0.3 is 0 Å². The van der Waals surface area contributed by atoms with Crippen LogP contribution in [0.1, 0.15) is 13.8 Å². The molecule has 1 rings (SSSR count). The van der Waals surface area contributed by atoms with Crippen LogP contribution >= 0.6 is 15.9 Å². The van der Waals surface area contributed by atoms with Crippen LogP contribution in [0.25, 0.3) is 0 Å². The number of nitrogens with one attached hydrogen (secondary N) is 1. The number of rotatable bonds is 4. The average Bonchev–Trinajstić information content (AvgIpc) is 2.15. The third-order valence-corrected chi connectivity index (χ3v) is 4.37. The van der Waals surface area contributed by atoms with Crippen molar-refractivity contribution in [3.05, 3.63) is 40.1 Å². The van der Waals surface area contributed by atoms with Gasteiger partial charge in [0.05, 0.1) is 4.90 Å². The maximum absolute atomic E-state index is 12.8. The molecule has 0 fully saturated rings. The summed E-state index contributed by atoms with van der Waals surface area (Å²) in [5.74, 6) is -0.486. The molecule has 0 aromatic heterocycles. The van der Waals surface area contributed by atoms with Gasteiger partial charge in [-0.1, -0.05) is 11.6 Å². The third kappa shape index (κ3) is 4.22. The lowest BCUT2D eigenvalue weighted by Gasteiger charge is -2.07. The van der Waals surface area contributed by atoms with Gasteiger partial charge in [0.2, 0.25) is 10.0 Å². The average molecular weight is 322 g/mol. The number of sulfonamides is 1.